The molecule has 3 atom stereocenters. The Hall–Kier alpha value is -3.77. The highest BCUT2D eigenvalue weighted by molar-refractivity contribution is 9.10. The number of rotatable bonds is 6. The normalized spacial score (nSPS) is 18.1. The van der Waals surface area contributed by atoms with Crippen molar-refractivity contribution in [1.29, 1.82) is 0 Å². The van der Waals surface area contributed by atoms with Gasteiger partial charge in [0, 0.05) is 29.8 Å². The van der Waals surface area contributed by atoms with E-state index < -0.39 is 30.1 Å². The largest absolute Gasteiger partial charge is 0.387 e. The maximum atomic E-state index is 14.4. The van der Waals surface area contributed by atoms with E-state index in [2.05, 4.69) is 41.3 Å². The minimum Gasteiger partial charge on any atom is -0.387 e. The molecule has 5 rings (SSSR count). The molecule has 2 amide bonds. The standard InChI is InChI=1S/C26H25BrFN7O3/c1-14(36)25-19-8-16(17-10-29-15(2)30-11-17)6-7-20(19)35(33-25)13-24(37)34-12-18(28)9-21(34)26(38)32-23-5-3-4-22(27)31-23/h3-8,10-11,14,18,21,36H,9,12-13H2,1-2H3,(H,31,32,38)/t14-,18?,21?/m0/s1. The molecule has 1 aliphatic rings. The zero-order valence-electron chi connectivity index (χ0n) is 20.7. The van der Waals surface area contributed by atoms with Gasteiger partial charge >= 0.3 is 0 Å². The third-order valence-electron chi connectivity index (χ3n) is 6.41. The average Bonchev–Trinajstić information content (AvgIpc) is 3.45. The average molecular weight is 582 g/mol. The van der Waals surface area contributed by atoms with Crippen LogP contribution < -0.4 is 5.32 Å². The van der Waals surface area contributed by atoms with Crippen LogP contribution in [0.2, 0.25) is 0 Å². The van der Waals surface area contributed by atoms with E-state index in [0.717, 1.165) is 11.1 Å². The Morgan fingerprint density at radius 3 is 2.68 bits per heavy atom. The lowest BCUT2D eigenvalue weighted by molar-refractivity contribution is -0.137. The molecule has 1 saturated heterocycles. The highest BCUT2D eigenvalue weighted by Crippen LogP contribution is 2.30. The van der Waals surface area contributed by atoms with Gasteiger partial charge in [-0.3, -0.25) is 14.3 Å². The number of aliphatic hydroxyl groups excluding tert-OH is 1. The molecule has 1 fully saturated rings. The van der Waals surface area contributed by atoms with Crippen molar-refractivity contribution >= 4 is 44.5 Å². The Labute approximate surface area is 226 Å². The first-order chi connectivity index (χ1) is 18.2. The molecular formula is C26H25BrFN7O3. The summed E-state index contributed by atoms with van der Waals surface area (Å²) in [5.74, 6) is -0.00855. The van der Waals surface area contributed by atoms with Crippen molar-refractivity contribution in [2.45, 2.75) is 45.1 Å². The molecule has 38 heavy (non-hydrogen) atoms. The fourth-order valence-electron chi connectivity index (χ4n) is 4.57. The number of nitrogens with zero attached hydrogens (tertiary/aromatic N) is 6. The lowest BCUT2D eigenvalue weighted by Gasteiger charge is -2.23. The SMILES string of the molecule is Cc1ncc(-c2ccc3c(c2)c([C@H](C)O)nn3CC(=O)N2CC(F)CC2C(=O)Nc2cccc(Br)n2)cn1. The van der Waals surface area contributed by atoms with Gasteiger partial charge in [-0.2, -0.15) is 5.10 Å². The number of amides is 2. The number of pyridine rings is 1. The van der Waals surface area contributed by atoms with Crippen molar-refractivity contribution in [3.8, 4) is 11.1 Å². The van der Waals surface area contributed by atoms with Gasteiger partial charge in [0.15, 0.2) is 0 Å². The summed E-state index contributed by atoms with van der Waals surface area (Å²) in [5.41, 5.74) is 2.67. The van der Waals surface area contributed by atoms with Crippen LogP contribution in [0.3, 0.4) is 0 Å². The van der Waals surface area contributed by atoms with Crippen LogP contribution in [0.5, 0.6) is 0 Å². The third-order valence-corrected chi connectivity index (χ3v) is 6.86. The fourth-order valence-corrected chi connectivity index (χ4v) is 4.91. The summed E-state index contributed by atoms with van der Waals surface area (Å²) in [6.07, 6.45) is 1.11. The van der Waals surface area contributed by atoms with Crippen LogP contribution in [0.1, 0.15) is 31.0 Å². The maximum Gasteiger partial charge on any atom is 0.248 e. The van der Waals surface area contributed by atoms with E-state index in [1.165, 1.54) is 9.58 Å². The van der Waals surface area contributed by atoms with Gasteiger partial charge in [0.1, 0.15) is 35.0 Å². The molecule has 0 spiro atoms. The molecule has 0 radical (unpaired) electrons. The number of fused-ring (bicyclic) bond motifs is 1. The Morgan fingerprint density at radius 1 is 1.21 bits per heavy atom. The van der Waals surface area contributed by atoms with Gasteiger partial charge in [0.25, 0.3) is 0 Å². The quantitative estimate of drug-likeness (QED) is 0.333. The highest BCUT2D eigenvalue weighted by Gasteiger charge is 2.40. The van der Waals surface area contributed by atoms with Crippen LogP contribution >= 0.6 is 15.9 Å². The lowest BCUT2D eigenvalue weighted by Crippen LogP contribution is -2.44. The third kappa shape index (κ3) is 5.27. The number of carbonyl (C=O) groups is 2. The topological polar surface area (TPSA) is 126 Å². The number of likely N-dealkylation sites (tertiary alicyclic amines) is 1. The number of halogens is 2. The minimum atomic E-state index is -1.33. The summed E-state index contributed by atoms with van der Waals surface area (Å²) in [6.45, 7) is 2.99. The number of alkyl halides is 1. The maximum absolute atomic E-state index is 14.4. The number of carbonyl (C=O) groups excluding carboxylic acids is 2. The molecule has 2 unspecified atom stereocenters. The predicted octanol–water partition coefficient (Wildman–Crippen LogP) is 3.59. The molecule has 10 nitrogen and oxygen atoms in total. The van der Waals surface area contributed by atoms with Gasteiger partial charge in [-0.15, -0.1) is 0 Å². The van der Waals surface area contributed by atoms with Crippen LogP contribution in [0.25, 0.3) is 22.0 Å². The molecule has 2 N–H and O–H groups in total. The van der Waals surface area contributed by atoms with Crippen LogP contribution in [0.15, 0.2) is 53.4 Å². The summed E-state index contributed by atoms with van der Waals surface area (Å²) in [6, 6.07) is 9.59. The van der Waals surface area contributed by atoms with Gasteiger partial charge < -0.3 is 15.3 Å². The summed E-state index contributed by atoms with van der Waals surface area (Å²) in [7, 11) is 0. The second-order valence-electron chi connectivity index (χ2n) is 9.20. The van der Waals surface area contributed by atoms with Crippen molar-refractivity contribution < 1.29 is 19.1 Å². The Balaban J connectivity index is 1.40. The minimum absolute atomic E-state index is 0.105. The number of anilines is 1. The Kier molecular flexibility index (Phi) is 7.17. The molecule has 0 aliphatic carbocycles. The molecule has 3 aromatic heterocycles. The number of aryl methyl sites for hydroxylation is 1. The Bertz CT molecular complexity index is 1510. The van der Waals surface area contributed by atoms with E-state index >= 15 is 0 Å². The van der Waals surface area contributed by atoms with E-state index in [9.17, 15) is 19.1 Å². The van der Waals surface area contributed by atoms with Crippen molar-refractivity contribution in [2.24, 2.45) is 0 Å². The second-order valence-corrected chi connectivity index (χ2v) is 10.0. The summed E-state index contributed by atoms with van der Waals surface area (Å²) >= 11 is 3.25. The molecule has 1 aliphatic heterocycles. The van der Waals surface area contributed by atoms with E-state index in [-0.39, 0.29) is 19.5 Å². The smallest absolute Gasteiger partial charge is 0.248 e. The lowest BCUT2D eigenvalue weighted by atomic mass is 10.0. The molecule has 0 bridgehead atoms. The molecule has 1 aromatic carbocycles. The molecule has 196 valence electrons. The number of hydrogen-bond donors (Lipinski definition) is 2. The first kappa shape index (κ1) is 25.9. The molecule has 12 heteroatoms. The van der Waals surface area contributed by atoms with Gasteiger partial charge in [-0.25, -0.2) is 19.3 Å². The van der Waals surface area contributed by atoms with Crippen LogP contribution in [0, 0.1) is 6.92 Å². The molecule has 0 saturated carbocycles. The van der Waals surface area contributed by atoms with Crippen LogP contribution in [0.4, 0.5) is 10.2 Å². The summed E-state index contributed by atoms with van der Waals surface area (Å²) < 4.78 is 16.4. The van der Waals surface area contributed by atoms with E-state index in [0.29, 0.717) is 32.8 Å². The monoisotopic (exact) mass is 581 g/mol. The predicted molar refractivity (Wildman–Crippen MR) is 142 cm³/mol. The molecule has 4 heterocycles. The first-order valence-electron chi connectivity index (χ1n) is 12.0. The number of aliphatic hydroxyl groups is 1. The van der Waals surface area contributed by atoms with Gasteiger partial charge in [-0.1, -0.05) is 12.1 Å². The van der Waals surface area contributed by atoms with Crippen molar-refractivity contribution in [3.05, 3.63) is 64.9 Å². The fraction of sp³-hybridized carbons (Fsp3) is 0.308. The highest BCUT2D eigenvalue weighted by atomic mass is 79.9. The zero-order valence-corrected chi connectivity index (χ0v) is 22.3. The van der Waals surface area contributed by atoms with Crippen LogP contribution in [-0.2, 0) is 16.1 Å². The summed E-state index contributed by atoms with van der Waals surface area (Å²) in [4.78, 5) is 40.2. The Morgan fingerprint density at radius 2 is 1.97 bits per heavy atom. The van der Waals surface area contributed by atoms with E-state index in [4.69, 9.17) is 0 Å². The van der Waals surface area contributed by atoms with Crippen LogP contribution in [-0.4, -0.2) is 65.3 Å². The van der Waals surface area contributed by atoms with Crippen molar-refractivity contribution in [3.63, 3.8) is 0 Å². The summed E-state index contributed by atoms with van der Waals surface area (Å²) in [5, 5.41) is 18.2. The van der Waals surface area contributed by atoms with Gasteiger partial charge in [-0.05, 0) is 59.6 Å². The van der Waals surface area contributed by atoms with Gasteiger partial charge in [0.2, 0.25) is 11.8 Å². The van der Waals surface area contributed by atoms with E-state index in [1.807, 2.05) is 18.2 Å². The zero-order chi connectivity index (χ0) is 27.0. The first-order valence-corrected chi connectivity index (χ1v) is 12.8. The molecule has 4 aromatic rings. The number of aromatic nitrogens is 5. The van der Waals surface area contributed by atoms with Crippen molar-refractivity contribution in [2.75, 3.05) is 11.9 Å². The second kappa shape index (κ2) is 10.5. The molecular weight excluding hydrogens is 557 g/mol. The number of nitrogens with one attached hydrogen (secondary N) is 1. The van der Waals surface area contributed by atoms with E-state index in [1.54, 1.807) is 44.4 Å². The van der Waals surface area contributed by atoms with Crippen molar-refractivity contribution in [1.82, 2.24) is 29.6 Å². The number of hydrogen-bond acceptors (Lipinski definition) is 7. The number of benzene rings is 1. The van der Waals surface area contributed by atoms with Gasteiger partial charge in [0.05, 0.1) is 23.9 Å².